The molecule has 0 radical (unpaired) electrons. The minimum Gasteiger partial charge on any atom is -0.333 e. The van der Waals surface area contributed by atoms with E-state index < -0.39 is 16.7 Å². The monoisotopic (exact) mass is 368 g/mol. The lowest BCUT2D eigenvalue weighted by Crippen LogP contribution is -2.47. The zero-order chi connectivity index (χ0) is 18.4. The van der Waals surface area contributed by atoms with Crippen LogP contribution in [0.4, 0.5) is 5.69 Å². The lowest BCUT2D eigenvalue weighted by molar-refractivity contribution is -0.384. The van der Waals surface area contributed by atoms with Gasteiger partial charge < -0.3 is 4.90 Å². The molecule has 1 heterocycles. The van der Waals surface area contributed by atoms with Gasteiger partial charge in [-0.15, -0.1) is 0 Å². The van der Waals surface area contributed by atoms with Crippen LogP contribution >= 0.6 is 11.6 Å². The first-order valence-electron chi connectivity index (χ1n) is 7.69. The highest BCUT2D eigenvalue weighted by atomic mass is 35.5. The van der Waals surface area contributed by atoms with E-state index in [0.717, 1.165) is 25.3 Å². The molecule has 0 aliphatic carbocycles. The molecule has 3 amide bonds. The highest BCUT2D eigenvalue weighted by Gasteiger charge is 2.20. The van der Waals surface area contributed by atoms with Gasteiger partial charge >= 0.3 is 0 Å². The molecule has 2 N–H and O–H groups in total. The molecule has 1 fully saturated rings. The molecule has 1 aromatic rings. The van der Waals surface area contributed by atoms with Gasteiger partial charge in [0.1, 0.15) is 6.54 Å². The number of nitrogens with one attached hydrogen (secondary N) is 2. The Morgan fingerprint density at radius 3 is 2.72 bits per heavy atom. The second kappa shape index (κ2) is 8.43. The lowest BCUT2D eigenvalue weighted by atomic mass is 10.2. The third-order valence-electron chi connectivity index (χ3n) is 3.73. The Morgan fingerprint density at radius 1 is 1.24 bits per heavy atom. The molecule has 0 spiro atoms. The van der Waals surface area contributed by atoms with Crippen molar-refractivity contribution in [1.82, 2.24) is 15.8 Å². The van der Waals surface area contributed by atoms with Crippen molar-refractivity contribution in [3.63, 3.8) is 0 Å². The van der Waals surface area contributed by atoms with Crippen molar-refractivity contribution >= 4 is 35.0 Å². The normalized spacial score (nSPS) is 14.6. The van der Waals surface area contributed by atoms with E-state index in [0.29, 0.717) is 13.0 Å². The zero-order valence-corrected chi connectivity index (χ0v) is 14.0. The Hall–Kier alpha value is -2.68. The average molecular weight is 369 g/mol. The molecule has 0 unspecified atom stereocenters. The molecule has 9 nitrogen and oxygen atoms in total. The first-order valence-corrected chi connectivity index (χ1v) is 8.07. The number of nitrogens with zero attached hydrogens (tertiary/aromatic N) is 2. The standard InChI is InChI=1S/C15H17ClN4O5/c16-12-6-5-10(20(24)25)8-11(12)15(23)18-17-13(21)9-19-7-3-1-2-4-14(19)22/h5-6,8H,1-4,7,9H2,(H,17,21)(H,18,23). The van der Waals surface area contributed by atoms with Crippen molar-refractivity contribution in [2.24, 2.45) is 0 Å². The van der Waals surface area contributed by atoms with E-state index in [4.69, 9.17) is 11.6 Å². The smallest absolute Gasteiger partial charge is 0.271 e. The fourth-order valence-electron chi connectivity index (χ4n) is 2.41. The van der Waals surface area contributed by atoms with Crippen molar-refractivity contribution in [3.8, 4) is 0 Å². The van der Waals surface area contributed by atoms with Gasteiger partial charge in [-0.05, 0) is 18.9 Å². The van der Waals surface area contributed by atoms with Gasteiger partial charge in [0.15, 0.2) is 0 Å². The van der Waals surface area contributed by atoms with Crippen LogP contribution in [-0.2, 0) is 9.59 Å². The molecular weight excluding hydrogens is 352 g/mol. The van der Waals surface area contributed by atoms with Crippen molar-refractivity contribution in [1.29, 1.82) is 0 Å². The number of amides is 3. The van der Waals surface area contributed by atoms with Gasteiger partial charge in [0, 0.05) is 25.1 Å². The predicted octanol–water partition coefficient (Wildman–Crippen LogP) is 1.41. The molecule has 0 atom stereocenters. The molecule has 2 rings (SSSR count). The summed E-state index contributed by atoms with van der Waals surface area (Å²) in [5, 5.41) is 10.8. The number of carbonyl (C=O) groups is 3. The Bertz CT molecular complexity index is 709. The number of hydrogen-bond donors (Lipinski definition) is 2. The summed E-state index contributed by atoms with van der Waals surface area (Å²) in [5.74, 6) is -1.45. The van der Waals surface area contributed by atoms with Crippen LogP contribution in [0.2, 0.25) is 5.02 Å². The molecule has 1 saturated heterocycles. The minimum atomic E-state index is -0.788. The van der Waals surface area contributed by atoms with Crippen LogP contribution in [-0.4, -0.2) is 40.6 Å². The molecule has 0 bridgehead atoms. The van der Waals surface area contributed by atoms with Crippen LogP contribution in [0.25, 0.3) is 0 Å². The van der Waals surface area contributed by atoms with Gasteiger partial charge in [0.2, 0.25) is 5.91 Å². The molecule has 0 aromatic heterocycles. The Balaban J connectivity index is 1.93. The van der Waals surface area contributed by atoms with Gasteiger partial charge in [-0.2, -0.15) is 0 Å². The van der Waals surface area contributed by atoms with E-state index in [2.05, 4.69) is 10.9 Å². The van der Waals surface area contributed by atoms with Crippen molar-refractivity contribution in [2.45, 2.75) is 25.7 Å². The number of hydrazine groups is 1. The van der Waals surface area contributed by atoms with Crippen LogP contribution < -0.4 is 10.9 Å². The molecule has 134 valence electrons. The first-order chi connectivity index (χ1) is 11.9. The largest absolute Gasteiger partial charge is 0.333 e. The topological polar surface area (TPSA) is 122 Å². The van der Waals surface area contributed by atoms with E-state index in [1.807, 2.05) is 0 Å². The molecule has 1 aliphatic heterocycles. The average Bonchev–Trinajstić information content (AvgIpc) is 2.77. The third-order valence-corrected chi connectivity index (χ3v) is 4.06. The maximum absolute atomic E-state index is 12.0. The number of nitro benzene ring substituents is 1. The summed E-state index contributed by atoms with van der Waals surface area (Å²) in [6, 6.07) is 3.41. The molecule has 1 aliphatic rings. The second-order valence-corrected chi connectivity index (χ2v) is 5.96. The summed E-state index contributed by atoms with van der Waals surface area (Å²) in [6.07, 6.45) is 2.97. The maximum Gasteiger partial charge on any atom is 0.271 e. The number of carbonyl (C=O) groups excluding carboxylic acids is 3. The molecule has 10 heteroatoms. The summed E-state index contributed by atoms with van der Waals surface area (Å²) in [5.41, 5.74) is 3.89. The fourth-order valence-corrected chi connectivity index (χ4v) is 2.62. The molecule has 25 heavy (non-hydrogen) atoms. The fraction of sp³-hybridized carbons (Fsp3) is 0.400. The number of non-ortho nitro benzene ring substituents is 1. The van der Waals surface area contributed by atoms with Crippen molar-refractivity contribution < 1.29 is 19.3 Å². The van der Waals surface area contributed by atoms with Gasteiger partial charge in [-0.25, -0.2) is 0 Å². The third kappa shape index (κ3) is 5.15. The van der Waals surface area contributed by atoms with E-state index >= 15 is 0 Å². The zero-order valence-electron chi connectivity index (χ0n) is 13.3. The number of hydrogen-bond acceptors (Lipinski definition) is 5. The number of nitro groups is 1. The predicted molar refractivity (Wildman–Crippen MR) is 88.8 cm³/mol. The Morgan fingerprint density at radius 2 is 2.00 bits per heavy atom. The SMILES string of the molecule is O=C(CN1CCCCCC1=O)NNC(=O)c1cc([N+](=O)[O-])ccc1Cl. The summed E-state index contributed by atoms with van der Waals surface area (Å²) < 4.78 is 0. The second-order valence-electron chi connectivity index (χ2n) is 5.55. The Kier molecular flexibility index (Phi) is 6.29. The van der Waals surface area contributed by atoms with E-state index in [1.165, 1.54) is 17.0 Å². The van der Waals surface area contributed by atoms with E-state index in [-0.39, 0.29) is 28.7 Å². The summed E-state index contributed by atoms with van der Waals surface area (Å²) >= 11 is 5.85. The lowest BCUT2D eigenvalue weighted by Gasteiger charge is -2.19. The summed E-state index contributed by atoms with van der Waals surface area (Å²) in [4.78, 5) is 47.3. The van der Waals surface area contributed by atoms with Crippen LogP contribution in [0.15, 0.2) is 18.2 Å². The summed E-state index contributed by atoms with van der Waals surface area (Å²) in [7, 11) is 0. The van der Waals surface area contributed by atoms with Crippen LogP contribution in [0.1, 0.15) is 36.0 Å². The van der Waals surface area contributed by atoms with Crippen molar-refractivity contribution in [3.05, 3.63) is 38.9 Å². The first kappa shape index (κ1) is 18.7. The number of benzene rings is 1. The van der Waals surface area contributed by atoms with Gasteiger partial charge in [-0.1, -0.05) is 18.0 Å². The van der Waals surface area contributed by atoms with Gasteiger partial charge in [0.25, 0.3) is 17.5 Å². The van der Waals surface area contributed by atoms with Crippen LogP contribution in [0.3, 0.4) is 0 Å². The van der Waals surface area contributed by atoms with Crippen LogP contribution in [0.5, 0.6) is 0 Å². The van der Waals surface area contributed by atoms with Gasteiger partial charge in [-0.3, -0.25) is 35.3 Å². The summed E-state index contributed by atoms with van der Waals surface area (Å²) in [6.45, 7) is 0.332. The molecular formula is C15H17ClN4O5. The molecule has 0 saturated carbocycles. The quantitative estimate of drug-likeness (QED) is 0.614. The minimum absolute atomic E-state index is 0.0139. The van der Waals surface area contributed by atoms with Gasteiger partial charge in [0.05, 0.1) is 15.5 Å². The highest BCUT2D eigenvalue weighted by molar-refractivity contribution is 6.34. The number of halogens is 1. The number of likely N-dealkylation sites (tertiary alicyclic amines) is 1. The van der Waals surface area contributed by atoms with E-state index in [9.17, 15) is 24.5 Å². The van der Waals surface area contributed by atoms with Crippen LogP contribution in [0, 0.1) is 10.1 Å². The van der Waals surface area contributed by atoms with Crippen molar-refractivity contribution in [2.75, 3.05) is 13.1 Å². The Labute approximate surface area is 148 Å². The highest BCUT2D eigenvalue weighted by Crippen LogP contribution is 2.21. The maximum atomic E-state index is 12.0. The molecule has 1 aromatic carbocycles. The number of rotatable bonds is 4. The van der Waals surface area contributed by atoms with E-state index in [1.54, 1.807) is 0 Å².